The summed E-state index contributed by atoms with van der Waals surface area (Å²) in [5.74, 6) is 0.325. The molecule has 1 aromatic heterocycles. The fourth-order valence-corrected chi connectivity index (χ4v) is 0.711. The second-order valence-corrected chi connectivity index (χ2v) is 2.15. The first-order valence-corrected chi connectivity index (χ1v) is 2.90. The van der Waals surface area contributed by atoms with Gasteiger partial charge < -0.3 is 10.3 Å². The quantitative estimate of drug-likeness (QED) is 0.565. The highest BCUT2D eigenvalue weighted by atomic mass is 16.1. The molecule has 0 spiro atoms. The van der Waals surface area contributed by atoms with Crippen molar-refractivity contribution in [3.8, 4) is 0 Å². The van der Waals surface area contributed by atoms with Crippen LogP contribution in [0, 0.1) is 0 Å². The fourth-order valence-electron chi connectivity index (χ4n) is 0.711. The zero-order chi connectivity index (χ0) is 7.72. The summed E-state index contributed by atoms with van der Waals surface area (Å²) in [5, 5.41) is 0. The maximum Gasteiger partial charge on any atom is 0.181 e. The Morgan fingerprint density at radius 1 is 1.80 bits per heavy atom. The molecule has 1 heterocycles. The summed E-state index contributed by atoms with van der Waals surface area (Å²) in [6, 6.07) is 0. The van der Waals surface area contributed by atoms with Gasteiger partial charge in [-0.1, -0.05) is 0 Å². The lowest BCUT2D eigenvalue weighted by Crippen LogP contribution is -2.01. The standard InChI is InChI=1S/C6H9N3O/c1-4(10)5-6(7)9(2)3-8-5/h3H,7H2,1-2H3. The van der Waals surface area contributed by atoms with E-state index in [1.807, 2.05) is 0 Å². The van der Waals surface area contributed by atoms with Crippen LogP contribution in [0.5, 0.6) is 0 Å². The van der Waals surface area contributed by atoms with Crippen LogP contribution < -0.4 is 5.73 Å². The second-order valence-electron chi connectivity index (χ2n) is 2.15. The summed E-state index contributed by atoms with van der Waals surface area (Å²) in [4.78, 5) is 14.5. The first-order chi connectivity index (χ1) is 4.63. The third-order valence-corrected chi connectivity index (χ3v) is 1.32. The summed E-state index contributed by atoms with van der Waals surface area (Å²) >= 11 is 0. The first kappa shape index (κ1) is 6.80. The lowest BCUT2D eigenvalue weighted by Gasteiger charge is -1.93. The Balaban J connectivity index is 3.17. The van der Waals surface area contributed by atoms with Gasteiger partial charge in [-0.2, -0.15) is 0 Å². The van der Waals surface area contributed by atoms with E-state index in [2.05, 4.69) is 4.98 Å². The van der Waals surface area contributed by atoms with Crippen LogP contribution in [0.3, 0.4) is 0 Å². The number of hydrogen-bond donors (Lipinski definition) is 1. The Morgan fingerprint density at radius 3 is 2.60 bits per heavy atom. The average Bonchev–Trinajstić information content (AvgIpc) is 2.14. The Hall–Kier alpha value is -1.32. The minimum absolute atomic E-state index is 0.0990. The second kappa shape index (κ2) is 2.13. The largest absolute Gasteiger partial charge is 0.383 e. The number of hydrogen-bond acceptors (Lipinski definition) is 3. The molecule has 1 rings (SSSR count). The molecule has 0 aromatic carbocycles. The molecule has 0 aliphatic carbocycles. The smallest absolute Gasteiger partial charge is 0.181 e. The molecule has 0 unspecified atom stereocenters. The minimum Gasteiger partial charge on any atom is -0.383 e. The van der Waals surface area contributed by atoms with E-state index in [0.717, 1.165) is 0 Å². The van der Waals surface area contributed by atoms with Gasteiger partial charge in [0, 0.05) is 14.0 Å². The van der Waals surface area contributed by atoms with E-state index >= 15 is 0 Å². The number of nitrogens with two attached hydrogens (primary N) is 1. The number of aromatic nitrogens is 2. The lowest BCUT2D eigenvalue weighted by molar-refractivity contribution is 0.101. The third-order valence-electron chi connectivity index (χ3n) is 1.32. The summed E-state index contributed by atoms with van der Waals surface area (Å²) in [5.41, 5.74) is 5.83. The van der Waals surface area contributed by atoms with Crippen LogP contribution in [0.2, 0.25) is 0 Å². The molecular weight excluding hydrogens is 130 g/mol. The summed E-state index contributed by atoms with van der Waals surface area (Å²) in [6.45, 7) is 1.44. The molecule has 10 heavy (non-hydrogen) atoms. The summed E-state index contributed by atoms with van der Waals surface area (Å²) in [6.07, 6.45) is 1.52. The van der Waals surface area contributed by atoms with Crippen LogP contribution in [0.4, 0.5) is 5.82 Å². The number of aryl methyl sites for hydroxylation is 1. The van der Waals surface area contributed by atoms with E-state index in [1.54, 1.807) is 11.6 Å². The Bertz CT molecular complexity index is 264. The van der Waals surface area contributed by atoms with Gasteiger partial charge in [-0.05, 0) is 0 Å². The summed E-state index contributed by atoms with van der Waals surface area (Å²) < 4.78 is 1.61. The van der Waals surface area contributed by atoms with Crippen LogP contribution in [0.15, 0.2) is 6.33 Å². The van der Waals surface area contributed by atoms with Crippen molar-refractivity contribution in [2.24, 2.45) is 7.05 Å². The molecule has 0 bridgehead atoms. The van der Waals surface area contributed by atoms with Crippen LogP contribution in [0.25, 0.3) is 0 Å². The number of anilines is 1. The molecule has 2 N–H and O–H groups in total. The molecule has 0 atom stereocenters. The number of rotatable bonds is 1. The monoisotopic (exact) mass is 139 g/mol. The fraction of sp³-hybridized carbons (Fsp3) is 0.333. The number of nitrogens with zero attached hydrogens (tertiary/aromatic N) is 2. The molecule has 4 heteroatoms. The number of carbonyl (C=O) groups is 1. The van der Waals surface area contributed by atoms with Crippen molar-refractivity contribution < 1.29 is 4.79 Å². The number of imidazole rings is 1. The van der Waals surface area contributed by atoms with Crippen molar-refractivity contribution in [3.63, 3.8) is 0 Å². The van der Waals surface area contributed by atoms with Gasteiger partial charge in [-0.3, -0.25) is 4.79 Å². The van der Waals surface area contributed by atoms with Gasteiger partial charge in [0.1, 0.15) is 11.5 Å². The highest BCUT2D eigenvalue weighted by Crippen LogP contribution is 2.07. The molecule has 4 nitrogen and oxygen atoms in total. The van der Waals surface area contributed by atoms with Crippen LogP contribution in [-0.4, -0.2) is 15.3 Å². The highest BCUT2D eigenvalue weighted by Gasteiger charge is 2.08. The van der Waals surface area contributed by atoms with Gasteiger partial charge in [-0.25, -0.2) is 4.98 Å². The van der Waals surface area contributed by atoms with Crippen LogP contribution in [-0.2, 0) is 7.05 Å². The van der Waals surface area contributed by atoms with E-state index in [9.17, 15) is 4.79 Å². The van der Waals surface area contributed by atoms with Gasteiger partial charge in [0.05, 0.1) is 6.33 Å². The topological polar surface area (TPSA) is 60.9 Å². The Kier molecular flexibility index (Phi) is 1.45. The molecule has 0 saturated heterocycles. The van der Waals surface area contributed by atoms with Crippen molar-refractivity contribution in [2.45, 2.75) is 6.92 Å². The predicted octanol–water partition coefficient (Wildman–Crippen LogP) is 0.205. The van der Waals surface area contributed by atoms with Crippen molar-refractivity contribution in [1.29, 1.82) is 0 Å². The lowest BCUT2D eigenvalue weighted by atomic mass is 10.3. The molecule has 54 valence electrons. The van der Waals surface area contributed by atoms with Crippen LogP contribution in [0.1, 0.15) is 17.4 Å². The minimum atomic E-state index is -0.0990. The number of nitrogen functional groups attached to an aromatic ring is 1. The molecule has 0 amide bonds. The van der Waals surface area contributed by atoms with Crippen molar-refractivity contribution >= 4 is 11.6 Å². The Labute approximate surface area is 58.7 Å². The first-order valence-electron chi connectivity index (χ1n) is 2.90. The van der Waals surface area contributed by atoms with E-state index in [4.69, 9.17) is 5.73 Å². The maximum absolute atomic E-state index is 10.7. The molecule has 0 saturated carbocycles. The van der Waals surface area contributed by atoms with E-state index in [-0.39, 0.29) is 5.78 Å². The zero-order valence-electron chi connectivity index (χ0n) is 5.96. The molecular formula is C6H9N3O. The molecule has 0 aliphatic heterocycles. The third kappa shape index (κ3) is 0.877. The van der Waals surface area contributed by atoms with Crippen molar-refractivity contribution in [2.75, 3.05) is 5.73 Å². The van der Waals surface area contributed by atoms with Crippen LogP contribution >= 0.6 is 0 Å². The van der Waals surface area contributed by atoms with Gasteiger partial charge in [0.2, 0.25) is 0 Å². The van der Waals surface area contributed by atoms with Gasteiger partial charge >= 0.3 is 0 Å². The predicted molar refractivity (Wildman–Crippen MR) is 37.6 cm³/mol. The highest BCUT2D eigenvalue weighted by molar-refractivity contribution is 5.96. The number of carbonyl (C=O) groups excluding carboxylic acids is 1. The Morgan fingerprint density at radius 2 is 2.40 bits per heavy atom. The van der Waals surface area contributed by atoms with Crippen molar-refractivity contribution in [3.05, 3.63) is 12.0 Å². The van der Waals surface area contributed by atoms with Gasteiger partial charge in [0.15, 0.2) is 5.78 Å². The molecule has 1 aromatic rings. The SMILES string of the molecule is CC(=O)c1ncn(C)c1N. The van der Waals surface area contributed by atoms with E-state index in [1.165, 1.54) is 13.3 Å². The normalized spacial score (nSPS) is 9.80. The average molecular weight is 139 g/mol. The van der Waals surface area contributed by atoms with Crippen molar-refractivity contribution in [1.82, 2.24) is 9.55 Å². The number of ketones is 1. The maximum atomic E-state index is 10.7. The summed E-state index contributed by atoms with van der Waals surface area (Å²) in [7, 11) is 1.74. The molecule has 0 radical (unpaired) electrons. The van der Waals surface area contributed by atoms with Gasteiger partial charge in [-0.15, -0.1) is 0 Å². The van der Waals surface area contributed by atoms with E-state index < -0.39 is 0 Å². The molecule has 0 fully saturated rings. The molecule has 0 aliphatic rings. The van der Waals surface area contributed by atoms with Gasteiger partial charge in [0.25, 0.3) is 0 Å². The van der Waals surface area contributed by atoms with E-state index in [0.29, 0.717) is 11.5 Å². The zero-order valence-corrected chi connectivity index (χ0v) is 5.96. The number of Topliss-reactive ketones (excluding diaryl/α,β-unsaturated/α-hetero) is 1.